The average Bonchev–Trinajstić information content (AvgIpc) is 3.33. The van der Waals surface area contributed by atoms with Crippen molar-refractivity contribution in [3.8, 4) is 17.2 Å². The maximum atomic E-state index is 12.2. The fourth-order valence-electron chi connectivity index (χ4n) is 2.55. The van der Waals surface area contributed by atoms with Gasteiger partial charge < -0.3 is 14.0 Å². The summed E-state index contributed by atoms with van der Waals surface area (Å²) in [5.41, 5.74) is 4.60. The molecule has 0 radical (unpaired) electrons. The predicted molar refractivity (Wildman–Crippen MR) is 98.4 cm³/mol. The topological polar surface area (TPSA) is 64.8 Å². The van der Waals surface area contributed by atoms with Gasteiger partial charge in [0.1, 0.15) is 0 Å². The van der Waals surface area contributed by atoms with Gasteiger partial charge >= 0.3 is 0 Å². The van der Waals surface area contributed by atoms with Crippen LogP contribution < -0.4 is 14.9 Å². The number of nitrogens with zero attached hydrogens (tertiary/aromatic N) is 2. The molecular formula is C19H14ClN3O3. The number of hydrazone groups is 1. The fourth-order valence-corrected chi connectivity index (χ4v) is 2.75. The second kappa shape index (κ2) is 6.93. The summed E-state index contributed by atoms with van der Waals surface area (Å²) in [6, 6.07) is 14.5. The number of hydrogen-bond acceptors (Lipinski definition) is 4. The zero-order chi connectivity index (χ0) is 17.9. The Bertz CT molecular complexity index is 966. The summed E-state index contributed by atoms with van der Waals surface area (Å²) < 4.78 is 12.5. The Morgan fingerprint density at radius 1 is 1.12 bits per heavy atom. The molecule has 0 spiro atoms. The molecule has 26 heavy (non-hydrogen) atoms. The van der Waals surface area contributed by atoms with Crippen LogP contribution in [0.1, 0.15) is 15.9 Å². The molecule has 0 fully saturated rings. The van der Waals surface area contributed by atoms with Crippen molar-refractivity contribution in [3.63, 3.8) is 0 Å². The zero-order valence-electron chi connectivity index (χ0n) is 13.6. The molecule has 0 saturated carbocycles. The van der Waals surface area contributed by atoms with E-state index in [4.69, 9.17) is 21.1 Å². The molecule has 3 aromatic rings. The van der Waals surface area contributed by atoms with Crippen LogP contribution in [-0.2, 0) is 0 Å². The number of carbonyl (C=O) groups excluding carboxylic acids is 1. The molecule has 1 aliphatic heterocycles. The van der Waals surface area contributed by atoms with Crippen molar-refractivity contribution in [1.29, 1.82) is 0 Å². The van der Waals surface area contributed by atoms with Crippen LogP contribution in [0.15, 0.2) is 66.0 Å². The number of amides is 1. The molecule has 1 N–H and O–H groups in total. The minimum absolute atomic E-state index is 0.169. The van der Waals surface area contributed by atoms with Crippen LogP contribution in [0.2, 0.25) is 5.02 Å². The third kappa shape index (κ3) is 3.27. The molecule has 0 atom stereocenters. The van der Waals surface area contributed by atoms with Gasteiger partial charge in [0, 0.05) is 35.3 Å². The van der Waals surface area contributed by atoms with Crippen LogP contribution in [0.4, 0.5) is 0 Å². The number of aromatic nitrogens is 1. The quantitative estimate of drug-likeness (QED) is 0.565. The summed E-state index contributed by atoms with van der Waals surface area (Å²) in [7, 11) is 0. The lowest BCUT2D eigenvalue weighted by atomic mass is 10.2. The molecule has 0 aliphatic carbocycles. The lowest BCUT2D eigenvalue weighted by Gasteiger charge is -2.05. The molecule has 6 nitrogen and oxygen atoms in total. The molecule has 130 valence electrons. The lowest BCUT2D eigenvalue weighted by molar-refractivity contribution is 0.0955. The summed E-state index contributed by atoms with van der Waals surface area (Å²) in [5.74, 6) is 0.888. The fraction of sp³-hybridized carbons (Fsp3) is 0.0526. The van der Waals surface area contributed by atoms with E-state index in [1.807, 2.05) is 41.2 Å². The Kier molecular flexibility index (Phi) is 4.33. The lowest BCUT2D eigenvalue weighted by Crippen LogP contribution is -2.17. The molecule has 2 heterocycles. The van der Waals surface area contributed by atoms with Gasteiger partial charge in [0.05, 0.1) is 11.2 Å². The van der Waals surface area contributed by atoms with E-state index in [2.05, 4.69) is 10.5 Å². The van der Waals surface area contributed by atoms with Gasteiger partial charge in [-0.2, -0.15) is 5.10 Å². The van der Waals surface area contributed by atoms with Gasteiger partial charge in [-0.25, -0.2) is 5.43 Å². The largest absolute Gasteiger partial charge is 0.454 e. The Balaban J connectivity index is 1.43. The molecule has 2 aromatic carbocycles. The van der Waals surface area contributed by atoms with Crippen LogP contribution >= 0.6 is 11.6 Å². The zero-order valence-corrected chi connectivity index (χ0v) is 14.3. The number of carbonyl (C=O) groups is 1. The van der Waals surface area contributed by atoms with E-state index < -0.39 is 0 Å². The number of hydrogen-bond donors (Lipinski definition) is 1. The maximum Gasteiger partial charge on any atom is 0.271 e. The second-order valence-electron chi connectivity index (χ2n) is 5.56. The molecule has 4 rings (SSSR count). The van der Waals surface area contributed by atoms with Gasteiger partial charge in [0.15, 0.2) is 11.5 Å². The van der Waals surface area contributed by atoms with Crippen molar-refractivity contribution in [2.24, 2.45) is 5.10 Å². The van der Waals surface area contributed by atoms with E-state index in [1.165, 1.54) is 6.21 Å². The highest BCUT2D eigenvalue weighted by Gasteiger charge is 2.15. The highest BCUT2D eigenvalue weighted by molar-refractivity contribution is 6.33. The van der Waals surface area contributed by atoms with E-state index >= 15 is 0 Å². The monoisotopic (exact) mass is 367 g/mol. The summed E-state index contributed by atoms with van der Waals surface area (Å²) >= 11 is 6.16. The number of ether oxygens (including phenoxy) is 2. The van der Waals surface area contributed by atoms with E-state index in [-0.39, 0.29) is 12.7 Å². The van der Waals surface area contributed by atoms with Crippen molar-refractivity contribution in [3.05, 3.63) is 77.1 Å². The molecule has 1 aromatic heterocycles. The Hall–Kier alpha value is -3.25. The summed E-state index contributed by atoms with van der Waals surface area (Å²) in [6.07, 6.45) is 5.35. The molecule has 1 aliphatic rings. The van der Waals surface area contributed by atoms with E-state index in [9.17, 15) is 4.79 Å². The van der Waals surface area contributed by atoms with Crippen LogP contribution in [0.5, 0.6) is 11.5 Å². The van der Waals surface area contributed by atoms with Crippen molar-refractivity contribution in [2.45, 2.75) is 0 Å². The smallest absolute Gasteiger partial charge is 0.271 e. The number of rotatable bonds is 4. The SMILES string of the molecule is O=C(NN=Cc1cc2c(cc1Cl)OCO2)c1ccc(-n2cccc2)cc1. The normalized spacial score (nSPS) is 12.5. The van der Waals surface area contributed by atoms with Crippen LogP contribution in [0.25, 0.3) is 5.69 Å². The van der Waals surface area contributed by atoms with Gasteiger partial charge in [-0.1, -0.05) is 11.6 Å². The molecule has 0 unspecified atom stereocenters. The standard InChI is InChI=1S/C19H14ClN3O3/c20-16-10-18-17(25-12-26-18)9-14(16)11-21-22-19(24)13-3-5-15(6-4-13)23-7-1-2-8-23/h1-11H,12H2,(H,22,24). The number of nitrogens with one attached hydrogen (secondary N) is 1. The first-order valence-corrected chi connectivity index (χ1v) is 8.24. The average molecular weight is 368 g/mol. The minimum Gasteiger partial charge on any atom is -0.454 e. The van der Waals surface area contributed by atoms with E-state index in [1.54, 1.807) is 24.3 Å². The van der Waals surface area contributed by atoms with Crippen LogP contribution in [0, 0.1) is 0 Å². The predicted octanol–water partition coefficient (Wildman–Crippen LogP) is 3.62. The van der Waals surface area contributed by atoms with Crippen molar-refractivity contribution >= 4 is 23.7 Å². The Morgan fingerprint density at radius 2 is 1.81 bits per heavy atom. The van der Waals surface area contributed by atoms with Crippen LogP contribution in [-0.4, -0.2) is 23.5 Å². The van der Waals surface area contributed by atoms with E-state index in [0.29, 0.717) is 27.6 Å². The highest BCUT2D eigenvalue weighted by Crippen LogP contribution is 2.36. The summed E-state index contributed by atoms with van der Waals surface area (Å²) in [6.45, 7) is 0.169. The van der Waals surface area contributed by atoms with E-state index in [0.717, 1.165) is 5.69 Å². The number of fused-ring (bicyclic) bond motifs is 1. The third-order valence-corrected chi connectivity index (χ3v) is 4.22. The molecule has 1 amide bonds. The van der Waals surface area contributed by atoms with Gasteiger partial charge in [-0.15, -0.1) is 0 Å². The third-order valence-electron chi connectivity index (χ3n) is 3.89. The van der Waals surface area contributed by atoms with Crippen molar-refractivity contribution in [1.82, 2.24) is 9.99 Å². The van der Waals surface area contributed by atoms with Crippen LogP contribution in [0.3, 0.4) is 0 Å². The van der Waals surface area contributed by atoms with Gasteiger partial charge in [0.25, 0.3) is 5.91 Å². The number of halogens is 1. The first kappa shape index (κ1) is 16.2. The number of benzene rings is 2. The first-order valence-electron chi connectivity index (χ1n) is 7.87. The summed E-state index contributed by atoms with van der Waals surface area (Å²) in [5, 5.41) is 4.43. The Morgan fingerprint density at radius 3 is 2.54 bits per heavy atom. The van der Waals surface area contributed by atoms with Gasteiger partial charge in [-0.3, -0.25) is 4.79 Å². The molecule has 7 heteroatoms. The van der Waals surface area contributed by atoms with Gasteiger partial charge in [-0.05, 0) is 42.5 Å². The molecule has 0 saturated heterocycles. The van der Waals surface area contributed by atoms with Crippen molar-refractivity contribution < 1.29 is 14.3 Å². The highest BCUT2D eigenvalue weighted by atomic mass is 35.5. The maximum absolute atomic E-state index is 12.2. The minimum atomic E-state index is -0.308. The van der Waals surface area contributed by atoms with Gasteiger partial charge in [0.2, 0.25) is 6.79 Å². The second-order valence-corrected chi connectivity index (χ2v) is 5.97. The summed E-state index contributed by atoms with van der Waals surface area (Å²) in [4.78, 5) is 12.2. The van der Waals surface area contributed by atoms with Crippen molar-refractivity contribution in [2.75, 3.05) is 6.79 Å². The molecule has 0 bridgehead atoms. The first-order chi connectivity index (χ1) is 12.7. The Labute approximate surface area is 154 Å². The molecular weight excluding hydrogens is 354 g/mol.